The number of nitrogens with zero attached hydrogens (tertiary/aromatic N) is 2. The molecule has 0 bridgehead atoms. The molecule has 0 radical (unpaired) electrons. The molecule has 31 heavy (non-hydrogen) atoms. The average molecular weight is 468 g/mol. The van der Waals surface area contributed by atoms with Gasteiger partial charge in [-0.25, -0.2) is 5.01 Å². The van der Waals surface area contributed by atoms with Crippen molar-refractivity contribution in [3.05, 3.63) is 83.4 Å². The predicted molar refractivity (Wildman–Crippen MR) is 126 cm³/mol. The minimum absolute atomic E-state index is 0.108. The molecule has 2 aliphatic rings. The predicted octanol–water partition coefficient (Wildman–Crippen LogP) is 5.25. The lowest BCUT2D eigenvalue weighted by molar-refractivity contribution is -0.138. The van der Waals surface area contributed by atoms with Crippen molar-refractivity contribution in [2.45, 2.75) is 15.2 Å². The Morgan fingerprint density at radius 1 is 0.968 bits per heavy atom. The minimum atomic E-state index is -0.273. The zero-order valence-electron chi connectivity index (χ0n) is 16.3. The van der Waals surface area contributed by atoms with E-state index in [0.29, 0.717) is 10.8 Å². The molecule has 5 rings (SSSR count). The van der Waals surface area contributed by atoms with Gasteiger partial charge in [0.2, 0.25) is 0 Å². The van der Waals surface area contributed by atoms with E-state index in [4.69, 9.17) is 11.6 Å². The SMILES string of the molecule is O=C(CN1c2ccccc2Sc2ccccc21)NN1C(=O)CSC1c1ccc(Cl)cc1. The molecule has 8 heteroatoms. The van der Waals surface area contributed by atoms with Gasteiger partial charge in [-0.3, -0.25) is 15.0 Å². The number of para-hydroxylation sites is 2. The highest BCUT2D eigenvalue weighted by atomic mass is 35.5. The summed E-state index contributed by atoms with van der Waals surface area (Å²) in [5.74, 6) is -0.0424. The molecular formula is C23H18ClN3O2S2. The standard InChI is InChI=1S/C23H18ClN3O2S2/c24-16-11-9-15(10-12-16)23-27(22(29)14-30-23)25-21(28)13-26-17-5-1-3-7-19(17)31-20-8-4-2-6-18(20)26/h1-12,23H,13-14H2,(H,25,28). The summed E-state index contributed by atoms with van der Waals surface area (Å²) in [6.45, 7) is 0.108. The molecule has 2 heterocycles. The molecule has 5 nitrogen and oxygen atoms in total. The van der Waals surface area contributed by atoms with Crippen LogP contribution in [0.4, 0.5) is 11.4 Å². The van der Waals surface area contributed by atoms with Crippen LogP contribution in [0.25, 0.3) is 0 Å². The molecule has 0 aromatic heterocycles. The quantitative estimate of drug-likeness (QED) is 0.568. The number of nitrogens with one attached hydrogen (secondary N) is 1. The van der Waals surface area contributed by atoms with Gasteiger partial charge in [0.05, 0.1) is 17.1 Å². The molecular weight excluding hydrogens is 450 g/mol. The number of halogens is 1. The summed E-state index contributed by atoms with van der Waals surface area (Å²) in [7, 11) is 0. The van der Waals surface area contributed by atoms with Crippen LogP contribution in [-0.4, -0.2) is 29.1 Å². The molecule has 0 aliphatic carbocycles. The molecule has 2 amide bonds. The summed E-state index contributed by atoms with van der Waals surface area (Å²) in [6, 6.07) is 23.4. The third kappa shape index (κ3) is 4.01. The first-order valence-electron chi connectivity index (χ1n) is 9.72. The number of rotatable bonds is 4. The first-order valence-corrected chi connectivity index (χ1v) is 12.0. The van der Waals surface area contributed by atoms with E-state index in [2.05, 4.69) is 17.6 Å². The fraction of sp³-hybridized carbons (Fsp3) is 0.130. The molecule has 156 valence electrons. The number of anilines is 2. The van der Waals surface area contributed by atoms with Crippen LogP contribution in [0.1, 0.15) is 10.9 Å². The summed E-state index contributed by atoms with van der Waals surface area (Å²) in [5.41, 5.74) is 5.73. The van der Waals surface area contributed by atoms with Crippen molar-refractivity contribution >= 4 is 58.3 Å². The molecule has 1 N–H and O–H groups in total. The smallest absolute Gasteiger partial charge is 0.258 e. The lowest BCUT2D eigenvalue weighted by Crippen LogP contribution is -2.48. The van der Waals surface area contributed by atoms with Crippen LogP contribution in [0.2, 0.25) is 5.02 Å². The Balaban J connectivity index is 1.38. The number of benzene rings is 3. The number of carbonyl (C=O) groups is 2. The molecule has 2 aliphatic heterocycles. The van der Waals surface area contributed by atoms with Crippen molar-refractivity contribution in [2.24, 2.45) is 0 Å². The van der Waals surface area contributed by atoms with Gasteiger partial charge >= 0.3 is 0 Å². The fourth-order valence-corrected chi connectivity index (χ4v) is 6.01. The van der Waals surface area contributed by atoms with Gasteiger partial charge in [-0.05, 0) is 42.0 Å². The summed E-state index contributed by atoms with van der Waals surface area (Å²) < 4.78 is 0. The first kappa shape index (κ1) is 20.3. The van der Waals surface area contributed by atoms with E-state index in [1.54, 1.807) is 23.9 Å². The molecule has 0 saturated carbocycles. The zero-order valence-corrected chi connectivity index (χ0v) is 18.7. The van der Waals surface area contributed by atoms with Gasteiger partial charge in [0.25, 0.3) is 11.8 Å². The van der Waals surface area contributed by atoms with Crippen molar-refractivity contribution in [3.63, 3.8) is 0 Å². The number of hydrazine groups is 1. The van der Waals surface area contributed by atoms with Crippen molar-refractivity contribution in [1.29, 1.82) is 0 Å². The maximum Gasteiger partial charge on any atom is 0.258 e. The number of fused-ring (bicyclic) bond motifs is 2. The van der Waals surface area contributed by atoms with Crippen LogP contribution < -0.4 is 10.3 Å². The highest BCUT2D eigenvalue weighted by Gasteiger charge is 2.35. The van der Waals surface area contributed by atoms with E-state index < -0.39 is 0 Å². The maximum atomic E-state index is 13.1. The van der Waals surface area contributed by atoms with Crippen LogP contribution in [0.5, 0.6) is 0 Å². The summed E-state index contributed by atoms with van der Waals surface area (Å²) in [6.07, 6.45) is 0. The van der Waals surface area contributed by atoms with Gasteiger partial charge in [0.15, 0.2) is 0 Å². The Bertz CT molecular complexity index is 1110. The Labute approximate surface area is 193 Å². The van der Waals surface area contributed by atoms with Crippen molar-refractivity contribution in [3.8, 4) is 0 Å². The Morgan fingerprint density at radius 3 is 2.23 bits per heavy atom. The number of carbonyl (C=O) groups excluding carboxylic acids is 2. The van der Waals surface area contributed by atoms with E-state index in [-0.39, 0.29) is 23.7 Å². The van der Waals surface area contributed by atoms with E-state index in [9.17, 15) is 9.59 Å². The highest BCUT2D eigenvalue weighted by molar-refractivity contribution is 8.00. The maximum absolute atomic E-state index is 13.1. The van der Waals surface area contributed by atoms with E-state index in [0.717, 1.165) is 26.7 Å². The number of hydrogen-bond donors (Lipinski definition) is 1. The highest BCUT2D eigenvalue weighted by Crippen LogP contribution is 2.47. The van der Waals surface area contributed by atoms with Crippen LogP contribution in [0.3, 0.4) is 0 Å². The van der Waals surface area contributed by atoms with Gasteiger partial charge in [-0.15, -0.1) is 11.8 Å². The lowest BCUT2D eigenvalue weighted by Gasteiger charge is -2.33. The average Bonchev–Trinajstić information content (AvgIpc) is 3.14. The summed E-state index contributed by atoms with van der Waals surface area (Å²) >= 11 is 9.17. The first-order chi connectivity index (χ1) is 15.1. The second kappa shape index (κ2) is 8.49. The Morgan fingerprint density at radius 2 is 1.58 bits per heavy atom. The summed E-state index contributed by atoms with van der Waals surface area (Å²) in [5, 5.41) is 1.80. The monoisotopic (exact) mass is 467 g/mol. The van der Waals surface area contributed by atoms with Crippen LogP contribution >= 0.6 is 35.1 Å². The molecule has 1 saturated heterocycles. The number of hydrogen-bond acceptors (Lipinski definition) is 5. The molecule has 3 aromatic carbocycles. The second-order valence-electron chi connectivity index (χ2n) is 7.14. The van der Waals surface area contributed by atoms with Gasteiger partial charge in [-0.2, -0.15) is 0 Å². The third-order valence-electron chi connectivity index (χ3n) is 5.10. The topological polar surface area (TPSA) is 52.7 Å². The van der Waals surface area contributed by atoms with Crippen molar-refractivity contribution in [2.75, 3.05) is 17.2 Å². The summed E-state index contributed by atoms with van der Waals surface area (Å²) in [4.78, 5) is 29.8. The largest absolute Gasteiger partial charge is 0.330 e. The molecule has 1 unspecified atom stereocenters. The second-order valence-corrected chi connectivity index (χ2v) is 9.73. The van der Waals surface area contributed by atoms with E-state index in [1.807, 2.05) is 53.4 Å². The van der Waals surface area contributed by atoms with Crippen molar-refractivity contribution < 1.29 is 9.59 Å². The fourth-order valence-electron chi connectivity index (χ4n) is 3.68. The third-order valence-corrected chi connectivity index (χ3v) is 7.70. The zero-order chi connectivity index (χ0) is 21.4. The molecule has 0 spiro atoms. The van der Waals surface area contributed by atoms with Gasteiger partial charge in [0, 0.05) is 14.8 Å². The van der Waals surface area contributed by atoms with Gasteiger partial charge in [0.1, 0.15) is 11.9 Å². The Hall–Kier alpha value is -2.61. The number of thioether (sulfide) groups is 1. The van der Waals surface area contributed by atoms with Gasteiger partial charge in [-0.1, -0.05) is 59.8 Å². The minimum Gasteiger partial charge on any atom is -0.330 e. The lowest BCUT2D eigenvalue weighted by atomic mass is 10.2. The van der Waals surface area contributed by atoms with Crippen molar-refractivity contribution in [1.82, 2.24) is 10.4 Å². The Kier molecular flexibility index (Phi) is 5.56. The van der Waals surface area contributed by atoms with Gasteiger partial charge < -0.3 is 4.90 Å². The van der Waals surface area contributed by atoms with Crippen LogP contribution in [-0.2, 0) is 9.59 Å². The normalized spacial score (nSPS) is 17.3. The molecule has 1 fully saturated rings. The number of amides is 2. The molecule has 1 atom stereocenters. The van der Waals surface area contributed by atoms with Crippen LogP contribution in [0.15, 0.2) is 82.6 Å². The molecule has 3 aromatic rings. The van der Waals surface area contributed by atoms with E-state index >= 15 is 0 Å². The van der Waals surface area contributed by atoms with Crippen LogP contribution in [0, 0.1) is 0 Å². The van der Waals surface area contributed by atoms with E-state index in [1.165, 1.54) is 16.8 Å².